The maximum absolute atomic E-state index is 4.79. The maximum Gasteiger partial charge on any atom is 0.0733 e. The van der Waals surface area contributed by atoms with E-state index in [0.29, 0.717) is 5.92 Å². The van der Waals surface area contributed by atoms with Gasteiger partial charge in [-0.1, -0.05) is 87.4 Å². The molecule has 0 aromatic heterocycles. The molecular weight excluding hydrogens is 400 g/mol. The molecule has 0 N–H and O–H groups in total. The lowest BCUT2D eigenvalue weighted by molar-refractivity contribution is 0.232. The lowest BCUT2D eigenvalue weighted by Crippen LogP contribution is -2.25. The number of allylic oxidation sites excluding steroid dienone is 1. The Hall–Kier alpha value is -2.48. The molecule has 2 heteroatoms. The average molecular weight is 443 g/mol. The number of rotatable bonds is 12. The molecule has 0 spiro atoms. The molecule has 176 valence electrons. The fraction of sp³-hybridized carbons (Fsp3) is 0.484. The molecule has 0 bridgehead atoms. The van der Waals surface area contributed by atoms with Crippen molar-refractivity contribution in [2.75, 3.05) is 0 Å². The summed E-state index contributed by atoms with van der Waals surface area (Å²) in [6, 6.07) is 19.4. The van der Waals surface area contributed by atoms with Gasteiger partial charge in [-0.15, -0.1) is 6.58 Å². The Morgan fingerprint density at radius 3 is 2.39 bits per heavy atom. The van der Waals surface area contributed by atoms with Crippen LogP contribution < -0.4 is 0 Å². The standard InChI is InChI=1S/C31H42N2/c1-4-6-7-9-13-26-16-18-27(19-17-26)24-32-33-31(29-14-10-8-11-15-29)30-22-20-28(21-23-30)25(3)12-5-2/h4,8,10-11,14-19,24-25,28,30H,1,5-7,9,12-13,20-23H2,2-3H3. The summed E-state index contributed by atoms with van der Waals surface area (Å²) in [5.41, 5.74) is 4.87. The van der Waals surface area contributed by atoms with Gasteiger partial charge in [0.15, 0.2) is 0 Å². The number of benzene rings is 2. The van der Waals surface area contributed by atoms with Gasteiger partial charge in [0.05, 0.1) is 11.9 Å². The maximum atomic E-state index is 4.79. The first-order chi connectivity index (χ1) is 16.2. The van der Waals surface area contributed by atoms with Crippen LogP contribution in [0.1, 0.15) is 88.3 Å². The molecule has 1 fully saturated rings. The molecule has 3 rings (SSSR count). The van der Waals surface area contributed by atoms with Crippen molar-refractivity contribution in [1.29, 1.82) is 0 Å². The van der Waals surface area contributed by atoms with Gasteiger partial charge in [0.1, 0.15) is 0 Å². The zero-order valence-corrected chi connectivity index (χ0v) is 20.8. The Morgan fingerprint density at radius 1 is 1.00 bits per heavy atom. The highest BCUT2D eigenvalue weighted by Gasteiger charge is 2.28. The van der Waals surface area contributed by atoms with Crippen LogP contribution in [-0.4, -0.2) is 11.9 Å². The van der Waals surface area contributed by atoms with Crippen LogP contribution in [0.15, 0.2) is 77.5 Å². The molecule has 0 heterocycles. The van der Waals surface area contributed by atoms with Crippen LogP contribution in [-0.2, 0) is 6.42 Å². The highest BCUT2D eigenvalue weighted by molar-refractivity contribution is 6.02. The number of hydrogen-bond donors (Lipinski definition) is 0. The SMILES string of the molecule is C=CCCCCc1ccc(C=NN=C(c2ccccc2)C2CCC(C(C)CCC)CC2)cc1. The second-order valence-electron chi connectivity index (χ2n) is 9.75. The molecule has 2 aromatic carbocycles. The molecule has 1 saturated carbocycles. The van der Waals surface area contributed by atoms with Gasteiger partial charge < -0.3 is 0 Å². The molecule has 0 radical (unpaired) electrons. The number of nitrogens with zero attached hydrogens (tertiary/aromatic N) is 2. The number of unbranched alkanes of at least 4 members (excludes halogenated alkanes) is 2. The Balaban J connectivity index is 1.65. The first kappa shape index (κ1) is 25.1. The van der Waals surface area contributed by atoms with Crippen molar-refractivity contribution in [3.8, 4) is 0 Å². The quantitative estimate of drug-likeness (QED) is 0.136. The van der Waals surface area contributed by atoms with Crippen LogP contribution in [0.3, 0.4) is 0 Å². The van der Waals surface area contributed by atoms with E-state index in [9.17, 15) is 0 Å². The van der Waals surface area contributed by atoms with Crippen LogP contribution in [0.5, 0.6) is 0 Å². The van der Waals surface area contributed by atoms with Crippen molar-refractivity contribution in [2.45, 2.75) is 78.1 Å². The smallest absolute Gasteiger partial charge is 0.0733 e. The Morgan fingerprint density at radius 2 is 1.73 bits per heavy atom. The second-order valence-corrected chi connectivity index (χ2v) is 9.75. The first-order valence-corrected chi connectivity index (χ1v) is 13.1. The topological polar surface area (TPSA) is 24.7 Å². The van der Waals surface area contributed by atoms with Crippen LogP contribution in [0.2, 0.25) is 0 Å². The summed E-state index contributed by atoms with van der Waals surface area (Å²) in [7, 11) is 0. The fourth-order valence-electron chi connectivity index (χ4n) is 5.18. The van der Waals surface area contributed by atoms with E-state index in [1.54, 1.807) is 0 Å². The average Bonchev–Trinajstić information content (AvgIpc) is 2.86. The van der Waals surface area contributed by atoms with Gasteiger partial charge >= 0.3 is 0 Å². The molecule has 2 aromatic rings. The summed E-state index contributed by atoms with van der Waals surface area (Å²) in [6.07, 6.45) is 16.3. The Labute approximate surface area is 201 Å². The zero-order valence-electron chi connectivity index (χ0n) is 20.8. The van der Waals surface area contributed by atoms with E-state index in [0.717, 1.165) is 36.0 Å². The molecular formula is C31H42N2. The monoisotopic (exact) mass is 442 g/mol. The molecule has 0 amide bonds. The van der Waals surface area contributed by atoms with Crippen molar-refractivity contribution in [3.05, 3.63) is 83.9 Å². The van der Waals surface area contributed by atoms with E-state index in [4.69, 9.17) is 5.10 Å². The minimum Gasteiger partial charge on any atom is -0.158 e. The summed E-state index contributed by atoms with van der Waals surface area (Å²) < 4.78 is 0. The normalized spacial score (nSPS) is 20.1. The summed E-state index contributed by atoms with van der Waals surface area (Å²) in [5, 5.41) is 9.33. The summed E-state index contributed by atoms with van der Waals surface area (Å²) in [6.45, 7) is 8.54. The second kappa shape index (κ2) is 13.9. The van der Waals surface area contributed by atoms with Gasteiger partial charge in [0.2, 0.25) is 0 Å². The largest absolute Gasteiger partial charge is 0.158 e. The van der Waals surface area contributed by atoms with E-state index in [2.05, 4.69) is 80.1 Å². The molecule has 0 saturated heterocycles. The van der Waals surface area contributed by atoms with Crippen molar-refractivity contribution in [1.82, 2.24) is 0 Å². The van der Waals surface area contributed by atoms with E-state index in [1.165, 1.54) is 62.5 Å². The number of hydrogen-bond acceptors (Lipinski definition) is 2. The number of aryl methyl sites for hydroxylation is 1. The van der Waals surface area contributed by atoms with E-state index in [-0.39, 0.29) is 0 Å². The molecule has 0 aliphatic heterocycles. The van der Waals surface area contributed by atoms with Crippen LogP contribution in [0.4, 0.5) is 0 Å². The van der Waals surface area contributed by atoms with Crippen molar-refractivity contribution in [3.63, 3.8) is 0 Å². The summed E-state index contributed by atoms with van der Waals surface area (Å²) >= 11 is 0. The van der Waals surface area contributed by atoms with Crippen LogP contribution >= 0.6 is 0 Å². The van der Waals surface area contributed by atoms with Crippen molar-refractivity contribution in [2.24, 2.45) is 28.0 Å². The van der Waals surface area contributed by atoms with Gasteiger partial charge in [-0.05, 0) is 79.9 Å². The summed E-state index contributed by atoms with van der Waals surface area (Å²) in [4.78, 5) is 0. The van der Waals surface area contributed by atoms with Gasteiger partial charge in [0, 0.05) is 5.92 Å². The van der Waals surface area contributed by atoms with Gasteiger partial charge in [0.25, 0.3) is 0 Å². The third-order valence-corrected chi connectivity index (χ3v) is 7.25. The molecule has 1 aliphatic carbocycles. The molecule has 2 nitrogen and oxygen atoms in total. The lowest BCUT2D eigenvalue weighted by atomic mass is 9.73. The minimum absolute atomic E-state index is 0.507. The summed E-state index contributed by atoms with van der Waals surface area (Å²) in [5.74, 6) is 2.22. The van der Waals surface area contributed by atoms with Crippen LogP contribution in [0, 0.1) is 17.8 Å². The van der Waals surface area contributed by atoms with Gasteiger partial charge in [-0.2, -0.15) is 10.2 Å². The molecule has 33 heavy (non-hydrogen) atoms. The van der Waals surface area contributed by atoms with E-state index >= 15 is 0 Å². The third-order valence-electron chi connectivity index (χ3n) is 7.25. The Bertz CT molecular complexity index is 871. The zero-order chi connectivity index (χ0) is 23.3. The van der Waals surface area contributed by atoms with Crippen molar-refractivity contribution < 1.29 is 0 Å². The van der Waals surface area contributed by atoms with Crippen molar-refractivity contribution >= 4 is 11.9 Å². The first-order valence-electron chi connectivity index (χ1n) is 13.1. The predicted octanol–water partition coefficient (Wildman–Crippen LogP) is 8.65. The molecule has 1 aliphatic rings. The van der Waals surface area contributed by atoms with Crippen LogP contribution in [0.25, 0.3) is 0 Å². The van der Waals surface area contributed by atoms with E-state index < -0.39 is 0 Å². The predicted molar refractivity (Wildman–Crippen MR) is 144 cm³/mol. The third kappa shape index (κ3) is 8.11. The van der Waals surface area contributed by atoms with E-state index in [1.807, 2.05) is 12.3 Å². The molecule has 1 unspecified atom stereocenters. The lowest BCUT2D eigenvalue weighted by Gasteiger charge is -2.32. The minimum atomic E-state index is 0.507. The fourth-order valence-corrected chi connectivity index (χ4v) is 5.18. The van der Waals surface area contributed by atoms with Gasteiger partial charge in [-0.3, -0.25) is 0 Å². The highest BCUT2D eigenvalue weighted by atomic mass is 15.2. The molecule has 1 atom stereocenters. The Kier molecular flexibility index (Phi) is 10.6. The highest BCUT2D eigenvalue weighted by Crippen LogP contribution is 2.36. The van der Waals surface area contributed by atoms with Gasteiger partial charge in [-0.25, -0.2) is 0 Å².